The average Bonchev–Trinajstić information content (AvgIpc) is 2.62. The summed E-state index contributed by atoms with van der Waals surface area (Å²) in [5.74, 6) is -0.173. The lowest BCUT2D eigenvalue weighted by Gasteiger charge is -2.34. The quantitative estimate of drug-likeness (QED) is 0.673. The highest BCUT2D eigenvalue weighted by molar-refractivity contribution is 6.00. The third-order valence-electron chi connectivity index (χ3n) is 4.55. The highest BCUT2D eigenvalue weighted by atomic mass is 19.4. The van der Waals surface area contributed by atoms with Crippen molar-refractivity contribution in [3.8, 4) is 5.75 Å². The first-order valence-electron chi connectivity index (χ1n) is 9.69. The summed E-state index contributed by atoms with van der Waals surface area (Å²) in [6, 6.07) is 5.32. The molecule has 0 unspecified atom stereocenters. The van der Waals surface area contributed by atoms with Gasteiger partial charge in [0.2, 0.25) is 0 Å². The molecule has 2 N–H and O–H groups in total. The molecule has 0 aliphatic carbocycles. The van der Waals surface area contributed by atoms with Gasteiger partial charge in [0.15, 0.2) is 0 Å². The Morgan fingerprint density at radius 1 is 1.17 bits per heavy atom. The second-order valence-corrected chi connectivity index (χ2v) is 8.10. The van der Waals surface area contributed by atoms with Gasteiger partial charge in [-0.25, -0.2) is 4.79 Å². The van der Waals surface area contributed by atoms with Crippen LogP contribution in [0.3, 0.4) is 0 Å². The van der Waals surface area contributed by atoms with Gasteiger partial charge in [0.1, 0.15) is 11.4 Å². The Bertz CT molecular complexity index is 788. The molecule has 0 atom stereocenters. The van der Waals surface area contributed by atoms with E-state index >= 15 is 0 Å². The SMILES string of the molecule is CC(=Nc1ccc(OC(F)(F)F)cc1)/C(=C\N)C1CCN(C(=O)OC(C)(C)C)CC1. The predicted octanol–water partition coefficient (Wildman–Crippen LogP) is 5.17. The van der Waals surface area contributed by atoms with Crippen LogP contribution in [0.25, 0.3) is 0 Å². The Labute approximate surface area is 174 Å². The minimum absolute atomic E-state index is 0.130. The lowest BCUT2D eigenvalue weighted by Crippen LogP contribution is -2.42. The summed E-state index contributed by atoms with van der Waals surface area (Å²) in [5, 5.41) is 0. The largest absolute Gasteiger partial charge is 0.573 e. The van der Waals surface area contributed by atoms with Crippen LogP contribution in [0, 0.1) is 5.92 Å². The van der Waals surface area contributed by atoms with E-state index in [1.165, 1.54) is 30.5 Å². The maximum Gasteiger partial charge on any atom is 0.573 e. The third-order valence-corrected chi connectivity index (χ3v) is 4.55. The number of benzene rings is 1. The molecule has 0 radical (unpaired) electrons. The molecule has 1 fully saturated rings. The number of piperidine rings is 1. The Hall–Kier alpha value is -2.71. The van der Waals surface area contributed by atoms with E-state index in [-0.39, 0.29) is 17.8 Å². The smallest absolute Gasteiger partial charge is 0.444 e. The van der Waals surface area contributed by atoms with Gasteiger partial charge in [-0.05, 0) is 82.5 Å². The van der Waals surface area contributed by atoms with Gasteiger partial charge >= 0.3 is 12.5 Å². The number of amides is 1. The van der Waals surface area contributed by atoms with Gasteiger partial charge in [-0.3, -0.25) is 4.99 Å². The topological polar surface area (TPSA) is 77.2 Å². The van der Waals surface area contributed by atoms with Crippen LogP contribution in [0.15, 0.2) is 41.0 Å². The number of hydrogen-bond donors (Lipinski definition) is 1. The van der Waals surface area contributed by atoms with E-state index in [0.717, 1.165) is 5.57 Å². The molecule has 0 aromatic heterocycles. The first-order valence-corrected chi connectivity index (χ1v) is 9.69. The predicted molar refractivity (Wildman–Crippen MR) is 109 cm³/mol. The summed E-state index contributed by atoms with van der Waals surface area (Å²) < 4.78 is 46.1. The number of aliphatic imine (C=N–C) groups is 1. The summed E-state index contributed by atoms with van der Waals surface area (Å²) in [5.41, 5.74) is 7.32. The Kier molecular flexibility index (Phi) is 7.39. The second kappa shape index (κ2) is 9.40. The maximum absolute atomic E-state index is 12.3. The molecule has 1 amide bonds. The number of rotatable bonds is 4. The van der Waals surface area contributed by atoms with Crippen molar-refractivity contribution >= 4 is 17.5 Å². The zero-order valence-corrected chi connectivity index (χ0v) is 17.6. The molecule has 1 heterocycles. The summed E-state index contributed by atoms with van der Waals surface area (Å²) in [6.45, 7) is 8.39. The van der Waals surface area contributed by atoms with Crippen molar-refractivity contribution < 1.29 is 27.4 Å². The number of nitrogens with two attached hydrogens (primary N) is 1. The number of halogens is 3. The molecule has 2 rings (SSSR count). The normalized spacial score (nSPS) is 17.1. The molecule has 0 bridgehead atoms. The zero-order chi connectivity index (χ0) is 22.5. The van der Waals surface area contributed by atoms with E-state index in [2.05, 4.69) is 9.73 Å². The molecule has 1 aliphatic heterocycles. The molecule has 166 valence electrons. The van der Waals surface area contributed by atoms with Crippen LogP contribution in [-0.2, 0) is 4.74 Å². The standard InChI is InChI=1S/C21H28F3N3O3/c1-14(26-16-5-7-17(8-6-16)29-21(22,23)24)18(13-25)15-9-11-27(12-10-15)19(28)30-20(2,3)4/h5-8,13,15H,9-12,25H2,1-4H3/b18-13+,26-14?. The van der Waals surface area contributed by atoms with Crippen molar-refractivity contribution in [2.45, 2.75) is 52.5 Å². The third kappa shape index (κ3) is 7.27. The van der Waals surface area contributed by atoms with Gasteiger partial charge in [-0.15, -0.1) is 13.2 Å². The first-order chi connectivity index (χ1) is 13.9. The number of likely N-dealkylation sites (tertiary alicyclic amines) is 1. The van der Waals surface area contributed by atoms with Crippen molar-refractivity contribution in [3.05, 3.63) is 36.0 Å². The zero-order valence-electron chi connectivity index (χ0n) is 17.6. The molecular weight excluding hydrogens is 399 g/mol. The highest BCUT2D eigenvalue weighted by Crippen LogP contribution is 2.29. The van der Waals surface area contributed by atoms with Gasteiger partial charge in [0.05, 0.1) is 5.69 Å². The second-order valence-electron chi connectivity index (χ2n) is 8.10. The number of allylic oxidation sites excluding steroid dienone is 1. The fraction of sp³-hybridized carbons (Fsp3) is 0.524. The van der Waals surface area contributed by atoms with Crippen LogP contribution in [0.5, 0.6) is 5.75 Å². The molecule has 1 aromatic rings. The minimum Gasteiger partial charge on any atom is -0.444 e. The van der Waals surface area contributed by atoms with Gasteiger partial charge in [-0.1, -0.05) is 0 Å². The van der Waals surface area contributed by atoms with Crippen molar-refractivity contribution in [1.82, 2.24) is 4.90 Å². The van der Waals surface area contributed by atoms with Crippen LogP contribution in [0.2, 0.25) is 0 Å². The van der Waals surface area contributed by atoms with Crippen LogP contribution in [-0.4, -0.2) is 41.8 Å². The molecular formula is C21H28F3N3O3. The van der Waals surface area contributed by atoms with Crippen molar-refractivity contribution in [3.63, 3.8) is 0 Å². The molecule has 6 nitrogen and oxygen atoms in total. The number of nitrogens with zero attached hydrogens (tertiary/aromatic N) is 2. The van der Waals surface area contributed by atoms with Crippen LogP contribution in [0.1, 0.15) is 40.5 Å². The molecule has 0 saturated carbocycles. The molecule has 0 spiro atoms. The van der Waals surface area contributed by atoms with E-state index in [9.17, 15) is 18.0 Å². The van der Waals surface area contributed by atoms with Crippen LogP contribution < -0.4 is 10.5 Å². The van der Waals surface area contributed by atoms with Gasteiger partial charge in [-0.2, -0.15) is 0 Å². The van der Waals surface area contributed by atoms with Gasteiger partial charge in [0.25, 0.3) is 0 Å². The lowest BCUT2D eigenvalue weighted by atomic mass is 9.87. The molecule has 30 heavy (non-hydrogen) atoms. The van der Waals surface area contributed by atoms with Crippen molar-refractivity contribution in [2.24, 2.45) is 16.6 Å². The summed E-state index contributed by atoms with van der Waals surface area (Å²) in [7, 11) is 0. The maximum atomic E-state index is 12.3. The molecule has 9 heteroatoms. The Morgan fingerprint density at radius 3 is 2.20 bits per heavy atom. The van der Waals surface area contributed by atoms with Crippen LogP contribution in [0.4, 0.5) is 23.7 Å². The van der Waals surface area contributed by atoms with E-state index in [1.54, 1.807) is 11.8 Å². The van der Waals surface area contributed by atoms with Crippen LogP contribution >= 0.6 is 0 Å². The van der Waals surface area contributed by atoms with E-state index < -0.39 is 12.0 Å². The monoisotopic (exact) mass is 427 g/mol. The average molecular weight is 427 g/mol. The molecule has 1 aliphatic rings. The lowest BCUT2D eigenvalue weighted by molar-refractivity contribution is -0.274. The summed E-state index contributed by atoms with van der Waals surface area (Å²) >= 11 is 0. The highest BCUT2D eigenvalue weighted by Gasteiger charge is 2.31. The number of alkyl halides is 3. The Balaban J connectivity index is 2.00. The number of carbonyl (C=O) groups is 1. The molecule has 1 saturated heterocycles. The number of ether oxygens (including phenoxy) is 2. The number of carbonyl (C=O) groups excluding carboxylic acids is 1. The van der Waals surface area contributed by atoms with E-state index in [0.29, 0.717) is 37.3 Å². The van der Waals surface area contributed by atoms with E-state index in [1.807, 2.05) is 20.8 Å². The minimum atomic E-state index is -4.73. The first kappa shape index (κ1) is 23.6. The summed E-state index contributed by atoms with van der Waals surface area (Å²) in [6.07, 6.45) is -2.12. The van der Waals surface area contributed by atoms with Crippen molar-refractivity contribution in [1.29, 1.82) is 0 Å². The number of hydrogen-bond acceptors (Lipinski definition) is 5. The van der Waals surface area contributed by atoms with Gasteiger partial charge < -0.3 is 20.1 Å². The van der Waals surface area contributed by atoms with E-state index in [4.69, 9.17) is 10.5 Å². The molecule has 1 aromatic carbocycles. The summed E-state index contributed by atoms with van der Waals surface area (Å²) in [4.78, 5) is 18.4. The van der Waals surface area contributed by atoms with Crippen molar-refractivity contribution in [2.75, 3.05) is 13.1 Å². The fourth-order valence-corrected chi connectivity index (χ4v) is 3.23. The Morgan fingerprint density at radius 2 is 1.73 bits per heavy atom. The van der Waals surface area contributed by atoms with Gasteiger partial charge in [0, 0.05) is 18.8 Å². The fourth-order valence-electron chi connectivity index (χ4n) is 3.23.